The zero-order chi connectivity index (χ0) is 20.4. The topological polar surface area (TPSA) is 60.9 Å². The van der Waals surface area contributed by atoms with Crippen LogP contribution in [0.25, 0.3) is 0 Å². The van der Waals surface area contributed by atoms with Crippen LogP contribution in [-0.2, 0) is 20.8 Å². The van der Waals surface area contributed by atoms with E-state index in [1.54, 1.807) is 11.8 Å². The molecule has 1 aromatic carbocycles. The first-order valence-electron chi connectivity index (χ1n) is 11.0. The molecule has 0 radical (unpaired) electrons. The second-order valence-electron chi connectivity index (χ2n) is 8.60. The molecule has 3 aliphatic rings. The van der Waals surface area contributed by atoms with Crippen molar-refractivity contribution in [3.05, 3.63) is 29.8 Å². The van der Waals surface area contributed by atoms with Crippen LogP contribution in [0.4, 0.5) is 5.69 Å². The van der Waals surface area contributed by atoms with Gasteiger partial charge in [0.2, 0.25) is 17.7 Å². The van der Waals surface area contributed by atoms with Gasteiger partial charge in [0.25, 0.3) is 0 Å². The number of hydrogen-bond acceptors (Lipinski definition) is 3. The van der Waals surface area contributed by atoms with E-state index in [0.29, 0.717) is 26.2 Å². The predicted molar refractivity (Wildman–Crippen MR) is 111 cm³/mol. The van der Waals surface area contributed by atoms with Crippen LogP contribution in [0.15, 0.2) is 24.3 Å². The Morgan fingerprint density at radius 1 is 0.793 bits per heavy atom. The maximum atomic E-state index is 13.2. The second-order valence-corrected chi connectivity index (χ2v) is 8.60. The van der Waals surface area contributed by atoms with E-state index in [2.05, 4.69) is 12.1 Å². The first-order chi connectivity index (χ1) is 14.0. The van der Waals surface area contributed by atoms with Crippen molar-refractivity contribution in [1.82, 2.24) is 9.80 Å². The zero-order valence-electron chi connectivity index (χ0n) is 17.3. The van der Waals surface area contributed by atoms with E-state index < -0.39 is 0 Å². The Bertz CT molecular complexity index is 777. The van der Waals surface area contributed by atoms with Gasteiger partial charge in [-0.1, -0.05) is 18.2 Å². The average molecular weight is 398 g/mol. The Labute approximate surface area is 172 Å². The fourth-order valence-electron chi connectivity index (χ4n) is 5.07. The van der Waals surface area contributed by atoms with Gasteiger partial charge in [-0.25, -0.2) is 0 Å². The largest absolute Gasteiger partial charge is 0.339 e. The fraction of sp³-hybridized carbons (Fsp3) is 0.609. The molecule has 0 N–H and O–H groups in total. The summed E-state index contributed by atoms with van der Waals surface area (Å²) in [6.45, 7) is 4.89. The minimum absolute atomic E-state index is 0.0246. The Hall–Kier alpha value is -2.37. The number of aryl methyl sites for hydroxylation is 1. The maximum Gasteiger partial charge on any atom is 0.230 e. The lowest BCUT2D eigenvalue weighted by Crippen LogP contribution is -2.52. The SMILES string of the molecule is CC(=O)N1CCN(C(=O)C2CCC(C(=O)N3CCCc4ccccc43)CC2)CC1. The molecular weight excluding hydrogens is 366 g/mol. The lowest BCUT2D eigenvalue weighted by molar-refractivity contribution is -0.142. The predicted octanol–water partition coefficient (Wildman–Crippen LogP) is 2.46. The highest BCUT2D eigenvalue weighted by molar-refractivity contribution is 5.96. The van der Waals surface area contributed by atoms with Gasteiger partial charge in [-0.05, 0) is 50.2 Å². The fourth-order valence-corrected chi connectivity index (χ4v) is 5.07. The van der Waals surface area contributed by atoms with Gasteiger partial charge in [0.15, 0.2) is 0 Å². The molecule has 6 heteroatoms. The Balaban J connectivity index is 1.31. The number of piperazine rings is 1. The van der Waals surface area contributed by atoms with Crippen molar-refractivity contribution < 1.29 is 14.4 Å². The van der Waals surface area contributed by atoms with Crippen molar-refractivity contribution in [2.75, 3.05) is 37.6 Å². The van der Waals surface area contributed by atoms with Crippen LogP contribution in [0.3, 0.4) is 0 Å². The van der Waals surface area contributed by atoms with E-state index in [1.165, 1.54) is 5.56 Å². The van der Waals surface area contributed by atoms with Gasteiger partial charge >= 0.3 is 0 Å². The number of benzene rings is 1. The number of hydrogen-bond donors (Lipinski definition) is 0. The number of amides is 3. The third-order valence-corrected chi connectivity index (χ3v) is 6.84. The molecule has 0 aromatic heterocycles. The third-order valence-electron chi connectivity index (χ3n) is 6.84. The average Bonchev–Trinajstić information content (AvgIpc) is 2.78. The molecule has 4 rings (SSSR count). The highest BCUT2D eigenvalue weighted by Crippen LogP contribution is 2.34. The summed E-state index contributed by atoms with van der Waals surface area (Å²) in [5.74, 6) is 0.576. The number of rotatable bonds is 2. The van der Waals surface area contributed by atoms with Crippen LogP contribution >= 0.6 is 0 Å². The number of nitrogens with zero attached hydrogens (tertiary/aromatic N) is 3. The smallest absolute Gasteiger partial charge is 0.230 e. The van der Waals surface area contributed by atoms with E-state index in [-0.39, 0.29) is 29.6 Å². The van der Waals surface area contributed by atoms with E-state index in [9.17, 15) is 14.4 Å². The molecule has 1 saturated carbocycles. The van der Waals surface area contributed by atoms with Crippen LogP contribution in [0.1, 0.15) is 44.6 Å². The lowest BCUT2D eigenvalue weighted by atomic mass is 9.80. The number of carbonyl (C=O) groups is 3. The van der Waals surface area contributed by atoms with Gasteiger partial charge in [-0.2, -0.15) is 0 Å². The monoisotopic (exact) mass is 397 g/mol. The number of carbonyl (C=O) groups excluding carboxylic acids is 3. The van der Waals surface area contributed by atoms with Gasteiger partial charge in [0.05, 0.1) is 0 Å². The molecule has 0 bridgehead atoms. The molecule has 0 atom stereocenters. The van der Waals surface area contributed by atoms with Crippen LogP contribution in [0.2, 0.25) is 0 Å². The second kappa shape index (κ2) is 8.56. The van der Waals surface area contributed by atoms with Crippen molar-refractivity contribution >= 4 is 23.4 Å². The molecule has 0 spiro atoms. The van der Waals surface area contributed by atoms with Gasteiger partial charge in [0, 0.05) is 57.2 Å². The summed E-state index contributed by atoms with van der Waals surface area (Å²) in [6, 6.07) is 8.23. The summed E-state index contributed by atoms with van der Waals surface area (Å²) in [6.07, 6.45) is 5.22. The summed E-state index contributed by atoms with van der Waals surface area (Å²) in [7, 11) is 0. The minimum atomic E-state index is 0.0246. The Kier molecular flexibility index (Phi) is 5.88. The molecule has 1 aliphatic carbocycles. The first kappa shape index (κ1) is 19.9. The lowest BCUT2D eigenvalue weighted by Gasteiger charge is -2.38. The molecule has 2 aliphatic heterocycles. The molecule has 156 valence electrons. The van der Waals surface area contributed by atoms with Crippen molar-refractivity contribution in [3.63, 3.8) is 0 Å². The molecule has 29 heavy (non-hydrogen) atoms. The summed E-state index contributed by atoms with van der Waals surface area (Å²) >= 11 is 0. The van der Waals surface area contributed by atoms with Crippen LogP contribution in [0, 0.1) is 11.8 Å². The first-order valence-corrected chi connectivity index (χ1v) is 11.0. The third kappa shape index (κ3) is 4.16. The van der Waals surface area contributed by atoms with Gasteiger partial charge in [0.1, 0.15) is 0 Å². The van der Waals surface area contributed by atoms with Crippen molar-refractivity contribution in [3.8, 4) is 0 Å². The summed E-state index contributed by atoms with van der Waals surface area (Å²) in [4.78, 5) is 43.2. The minimum Gasteiger partial charge on any atom is -0.339 e. The molecule has 1 saturated heterocycles. The molecule has 2 heterocycles. The van der Waals surface area contributed by atoms with Crippen molar-refractivity contribution in [2.24, 2.45) is 11.8 Å². The van der Waals surface area contributed by atoms with Crippen LogP contribution in [0.5, 0.6) is 0 Å². The Morgan fingerprint density at radius 2 is 1.38 bits per heavy atom. The quantitative estimate of drug-likeness (QED) is 0.770. The maximum absolute atomic E-state index is 13.2. The van der Waals surface area contributed by atoms with Gasteiger partial charge < -0.3 is 14.7 Å². The number of anilines is 1. The molecule has 3 amide bonds. The standard InChI is InChI=1S/C23H31N3O3/c1-17(27)24-13-15-25(16-14-24)22(28)19-8-10-20(11-9-19)23(29)26-12-4-6-18-5-2-3-7-21(18)26/h2-3,5,7,19-20H,4,6,8-16H2,1H3. The summed E-state index contributed by atoms with van der Waals surface area (Å²) in [5, 5.41) is 0. The van der Waals surface area contributed by atoms with Crippen LogP contribution in [-0.4, -0.2) is 60.2 Å². The Morgan fingerprint density at radius 3 is 2.03 bits per heavy atom. The molecular formula is C23H31N3O3. The van der Waals surface area contributed by atoms with E-state index in [0.717, 1.165) is 50.8 Å². The molecule has 6 nitrogen and oxygen atoms in total. The summed E-state index contributed by atoms with van der Waals surface area (Å²) < 4.78 is 0. The molecule has 2 fully saturated rings. The van der Waals surface area contributed by atoms with E-state index in [1.807, 2.05) is 21.9 Å². The highest BCUT2D eigenvalue weighted by atomic mass is 16.2. The number of fused-ring (bicyclic) bond motifs is 1. The summed E-state index contributed by atoms with van der Waals surface area (Å²) in [5.41, 5.74) is 2.34. The van der Waals surface area contributed by atoms with Crippen molar-refractivity contribution in [1.29, 1.82) is 0 Å². The molecule has 1 aromatic rings. The van der Waals surface area contributed by atoms with Crippen LogP contribution < -0.4 is 4.90 Å². The normalized spacial score (nSPS) is 24.8. The number of para-hydroxylation sites is 1. The van der Waals surface area contributed by atoms with E-state index in [4.69, 9.17) is 0 Å². The van der Waals surface area contributed by atoms with Crippen molar-refractivity contribution in [2.45, 2.75) is 45.4 Å². The van der Waals surface area contributed by atoms with E-state index >= 15 is 0 Å². The van der Waals surface area contributed by atoms with Gasteiger partial charge in [-0.3, -0.25) is 14.4 Å². The highest BCUT2D eigenvalue weighted by Gasteiger charge is 2.36. The molecule has 0 unspecified atom stereocenters. The van der Waals surface area contributed by atoms with Gasteiger partial charge in [-0.15, -0.1) is 0 Å². The zero-order valence-corrected chi connectivity index (χ0v) is 17.3.